The van der Waals surface area contributed by atoms with Gasteiger partial charge in [-0.3, -0.25) is 19.1 Å². The number of aromatic nitrogens is 2. The molecule has 0 spiro atoms. The first-order valence-corrected chi connectivity index (χ1v) is 8.92. The normalized spacial score (nSPS) is 11.3. The fourth-order valence-corrected chi connectivity index (χ4v) is 2.81. The van der Waals surface area contributed by atoms with Crippen molar-refractivity contribution in [1.82, 2.24) is 9.55 Å². The largest absolute Gasteiger partial charge is 0.383 e. The number of carbonyl (C=O) groups is 1. The van der Waals surface area contributed by atoms with Crippen molar-refractivity contribution in [2.24, 2.45) is 11.8 Å². The molecule has 0 fully saturated rings. The van der Waals surface area contributed by atoms with E-state index in [2.05, 4.69) is 4.98 Å². The van der Waals surface area contributed by atoms with Crippen molar-refractivity contribution >= 4 is 17.4 Å². The summed E-state index contributed by atoms with van der Waals surface area (Å²) in [6.45, 7) is 7.71. The van der Waals surface area contributed by atoms with Crippen LogP contribution in [0.15, 0.2) is 27.8 Å². The summed E-state index contributed by atoms with van der Waals surface area (Å²) < 4.78 is 28.0. The molecule has 2 rings (SSSR count). The van der Waals surface area contributed by atoms with Crippen molar-refractivity contribution in [3.63, 3.8) is 0 Å². The van der Waals surface area contributed by atoms with Crippen LogP contribution < -0.4 is 21.9 Å². The number of nitrogens with zero attached hydrogens (tertiary/aromatic N) is 2. The zero-order valence-corrected chi connectivity index (χ0v) is 16.3. The molecule has 0 saturated carbocycles. The average molecular weight is 394 g/mol. The number of aromatic amines is 1. The van der Waals surface area contributed by atoms with E-state index in [1.54, 1.807) is 0 Å². The number of benzene rings is 1. The molecule has 1 heterocycles. The van der Waals surface area contributed by atoms with Crippen molar-refractivity contribution < 1.29 is 13.6 Å². The standard InChI is InChI=1S/C19H24F2N4O3/c1-10(2)8-24(18(27)12-5-6-13(20)14(21)7-12)15-16(22)25(9-11(3)4)19(28)23-17(15)26/h5-7,10-11H,8-9,22H2,1-4H3,(H,23,26,28). The molecule has 2 aromatic rings. The van der Waals surface area contributed by atoms with Crippen LogP contribution >= 0.6 is 0 Å². The van der Waals surface area contributed by atoms with E-state index in [9.17, 15) is 23.2 Å². The number of hydrogen-bond acceptors (Lipinski definition) is 4. The minimum Gasteiger partial charge on any atom is -0.383 e. The van der Waals surface area contributed by atoms with Gasteiger partial charge in [0.15, 0.2) is 17.3 Å². The summed E-state index contributed by atoms with van der Waals surface area (Å²) in [6, 6.07) is 2.73. The molecule has 152 valence electrons. The molecule has 0 atom stereocenters. The first-order chi connectivity index (χ1) is 13.0. The van der Waals surface area contributed by atoms with E-state index in [1.807, 2.05) is 27.7 Å². The van der Waals surface area contributed by atoms with E-state index in [4.69, 9.17) is 5.73 Å². The molecule has 0 aliphatic rings. The van der Waals surface area contributed by atoms with Gasteiger partial charge in [-0.1, -0.05) is 27.7 Å². The highest BCUT2D eigenvalue weighted by Gasteiger charge is 2.26. The highest BCUT2D eigenvalue weighted by atomic mass is 19.2. The summed E-state index contributed by atoms with van der Waals surface area (Å²) in [4.78, 5) is 40.9. The lowest BCUT2D eigenvalue weighted by Crippen LogP contribution is -2.43. The van der Waals surface area contributed by atoms with Crippen LogP contribution in [-0.4, -0.2) is 22.0 Å². The third-order valence-electron chi connectivity index (χ3n) is 3.99. The van der Waals surface area contributed by atoms with Gasteiger partial charge in [-0.05, 0) is 30.0 Å². The van der Waals surface area contributed by atoms with E-state index in [1.165, 1.54) is 4.57 Å². The van der Waals surface area contributed by atoms with Crippen molar-refractivity contribution in [3.8, 4) is 0 Å². The summed E-state index contributed by atoms with van der Waals surface area (Å²) in [5.41, 5.74) is 4.27. The monoisotopic (exact) mass is 394 g/mol. The lowest BCUT2D eigenvalue weighted by molar-refractivity contribution is 0.0983. The van der Waals surface area contributed by atoms with E-state index in [0.717, 1.165) is 23.1 Å². The van der Waals surface area contributed by atoms with E-state index < -0.39 is 28.8 Å². The number of nitrogen functional groups attached to an aromatic ring is 1. The Morgan fingerprint density at radius 2 is 1.79 bits per heavy atom. The molecule has 3 N–H and O–H groups in total. The first-order valence-electron chi connectivity index (χ1n) is 8.92. The summed E-state index contributed by atoms with van der Waals surface area (Å²) in [5, 5.41) is 0. The Kier molecular flexibility index (Phi) is 6.37. The second kappa shape index (κ2) is 8.37. The maximum atomic E-state index is 13.6. The summed E-state index contributed by atoms with van der Waals surface area (Å²) >= 11 is 0. The molecule has 1 aromatic carbocycles. The number of carbonyl (C=O) groups excluding carboxylic acids is 1. The fraction of sp³-hybridized carbons (Fsp3) is 0.421. The van der Waals surface area contributed by atoms with Crippen molar-refractivity contribution in [2.45, 2.75) is 34.2 Å². The van der Waals surface area contributed by atoms with E-state index in [0.29, 0.717) is 0 Å². The summed E-state index contributed by atoms with van der Waals surface area (Å²) in [5.74, 6) is -3.16. The Morgan fingerprint density at radius 3 is 2.32 bits per heavy atom. The second-order valence-electron chi connectivity index (χ2n) is 7.44. The molecule has 0 radical (unpaired) electrons. The van der Waals surface area contributed by atoms with Crippen LogP contribution in [0.25, 0.3) is 0 Å². The van der Waals surface area contributed by atoms with Gasteiger partial charge in [0.2, 0.25) is 0 Å². The van der Waals surface area contributed by atoms with Crippen molar-refractivity contribution in [2.75, 3.05) is 17.2 Å². The number of hydrogen-bond donors (Lipinski definition) is 2. The van der Waals surface area contributed by atoms with Gasteiger partial charge in [-0.2, -0.15) is 0 Å². The number of H-pyrrole nitrogens is 1. The maximum Gasteiger partial charge on any atom is 0.330 e. The molecule has 0 aliphatic heterocycles. The third-order valence-corrected chi connectivity index (χ3v) is 3.99. The Hall–Kier alpha value is -2.97. The van der Waals surface area contributed by atoms with Gasteiger partial charge in [-0.15, -0.1) is 0 Å². The zero-order valence-electron chi connectivity index (χ0n) is 16.3. The maximum absolute atomic E-state index is 13.6. The van der Waals surface area contributed by atoms with Gasteiger partial charge in [0.05, 0.1) is 0 Å². The van der Waals surface area contributed by atoms with E-state index in [-0.39, 0.29) is 42.0 Å². The van der Waals surface area contributed by atoms with Crippen LogP contribution in [0.3, 0.4) is 0 Å². The highest BCUT2D eigenvalue weighted by Crippen LogP contribution is 2.22. The Balaban J connectivity index is 2.66. The van der Waals surface area contributed by atoms with Gasteiger partial charge in [0.1, 0.15) is 5.82 Å². The molecule has 1 aromatic heterocycles. The van der Waals surface area contributed by atoms with Crippen LogP contribution in [0.4, 0.5) is 20.3 Å². The first kappa shape index (κ1) is 21.3. The lowest BCUT2D eigenvalue weighted by Gasteiger charge is -2.26. The van der Waals surface area contributed by atoms with Crippen LogP contribution in [0.1, 0.15) is 38.1 Å². The predicted molar refractivity (Wildman–Crippen MR) is 103 cm³/mol. The number of halogens is 2. The number of nitrogens with two attached hydrogens (primary N) is 1. The molecular formula is C19H24F2N4O3. The Labute approximate surface area is 160 Å². The third kappa shape index (κ3) is 4.47. The van der Waals surface area contributed by atoms with Gasteiger partial charge in [0.25, 0.3) is 11.5 Å². The summed E-state index contributed by atoms with van der Waals surface area (Å²) in [6.07, 6.45) is 0. The van der Waals surface area contributed by atoms with Crippen molar-refractivity contribution in [3.05, 3.63) is 56.2 Å². The summed E-state index contributed by atoms with van der Waals surface area (Å²) in [7, 11) is 0. The minimum absolute atomic E-state index is 0.0548. The Bertz CT molecular complexity index is 996. The zero-order chi connectivity index (χ0) is 21.2. The van der Waals surface area contributed by atoms with E-state index >= 15 is 0 Å². The molecule has 0 bridgehead atoms. The lowest BCUT2D eigenvalue weighted by atomic mass is 10.1. The smallest absolute Gasteiger partial charge is 0.330 e. The topological polar surface area (TPSA) is 101 Å². The molecule has 0 saturated heterocycles. The van der Waals surface area contributed by atoms with Crippen molar-refractivity contribution in [1.29, 1.82) is 0 Å². The number of anilines is 2. The number of rotatable bonds is 6. The van der Waals surface area contributed by atoms with Crippen LogP contribution in [0.2, 0.25) is 0 Å². The van der Waals surface area contributed by atoms with Gasteiger partial charge >= 0.3 is 5.69 Å². The highest BCUT2D eigenvalue weighted by molar-refractivity contribution is 6.07. The molecule has 0 unspecified atom stereocenters. The Morgan fingerprint density at radius 1 is 1.14 bits per heavy atom. The molecule has 28 heavy (non-hydrogen) atoms. The van der Waals surface area contributed by atoms with Crippen LogP contribution in [0, 0.1) is 23.5 Å². The van der Waals surface area contributed by atoms with Gasteiger partial charge < -0.3 is 10.6 Å². The molecular weight excluding hydrogens is 370 g/mol. The van der Waals surface area contributed by atoms with Gasteiger partial charge in [-0.25, -0.2) is 13.6 Å². The fourth-order valence-electron chi connectivity index (χ4n) is 2.81. The van der Waals surface area contributed by atoms with Crippen LogP contribution in [-0.2, 0) is 6.54 Å². The second-order valence-corrected chi connectivity index (χ2v) is 7.44. The number of nitrogens with one attached hydrogen (secondary N) is 1. The predicted octanol–water partition coefficient (Wildman–Crippen LogP) is 2.36. The molecule has 1 amide bonds. The average Bonchev–Trinajstić information content (AvgIpc) is 2.59. The van der Waals surface area contributed by atoms with Crippen LogP contribution in [0.5, 0.6) is 0 Å². The molecule has 0 aliphatic carbocycles. The molecule has 7 nitrogen and oxygen atoms in total. The number of amides is 1. The molecule has 9 heteroatoms. The SMILES string of the molecule is CC(C)CN(C(=O)c1ccc(F)c(F)c1)c1c(N)n(CC(C)C)c(=O)[nH]c1=O. The minimum atomic E-state index is -1.18. The van der Waals surface area contributed by atoms with Gasteiger partial charge in [0, 0.05) is 18.7 Å². The quantitative estimate of drug-likeness (QED) is 0.785.